The van der Waals surface area contributed by atoms with Gasteiger partial charge in [0.05, 0.1) is 17.9 Å². The lowest BCUT2D eigenvalue weighted by Crippen LogP contribution is -2.08. The van der Waals surface area contributed by atoms with Crippen LogP contribution in [0.25, 0.3) is 22.2 Å². The average Bonchev–Trinajstić information content (AvgIpc) is 3.21. The third-order valence-electron chi connectivity index (χ3n) is 5.42. The zero-order chi connectivity index (χ0) is 20.7. The van der Waals surface area contributed by atoms with Crippen LogP contribution < -0.4 is 21.7 Å². The number of hydrogen-bond donors (Lipinski definition) is 4. The summed E-state index contributed by atoms with van der Waals surface area (Å²) in [6.07, 6.45) is 0. The zero-order valence-corrected chi connectivity index (χ0v) is 17.0. The van der Waals surface area contributed by atoms with Crippen LogP contribution in [0.2, 0.25) is 0 Å². The van der Waals surface area contributed by atoms with E-state index in [2.05, 4.69) is 88.3 Å². The molecule has 7 nitrogen and oxygen atoms in total. The molecule has 7 heteroatoms. The third kappa shape index (κ3) is 3.14. The first-order valence-electron chi connectivity index (χ1n) is 9.94. The Morgan fingerprint density at radius 1 is 0.967 bits per heavy atom. The second-order valence-corrected chi connectivity index (χ2v) is 7.50. The van der Waals surface area contributed by atoms with Gasteiger partial charge in [0, 0.05) is 17.5 Å². The van der Waals surface area contributed by atoms with Crippen molar-refractivity contribution in [1.29, 1.82) is 0 Å². The van der Waals surface area contributed by atoms with Crippen molar-refractivity contribution >= 4 is 34.2 Å². The molecular weight excluding hydrogens is 374 g/mol. The largest absolute Gasteiger partial charge is 0.368 e. The molecule has 1 aliphatic rings. The number of nitrogens with two attached hydrogens (primary N) is 1. The molecule has 0 saturated carbocycles. The Labute approximate surface area is 174 Å². The van der Waals surface area contributed by atoms with Crippen LogP contribution in [0.5, 0.6) is 0 Å². The molecule has 2 aromatic heterocycles. The Morgan fingerprint density at radius 3 is 2.67 bits per heavy atom. The molecular formula is C23H23N7. The van der Waals surface area contributed by atoms with Gasteiger partial charge in [-0.25, -0.2) is 4.98 Å². The lowest BCUT2D eigenvalue weighted by Gasteiger charge is -2.16. The Morgan fingerprint density at radius 2 is 1.80 bits per heavy atom. The summed E-state index contributed by atoms with van der Waals surface area (Å²) in [4.78, 5) is 13.7. The van der Waals surface area contributed by atoms with Crippen molar-refractivity contribution < 1.29 is 0 Å². The van der Waals surface area contributed by atoms with Crippen molar-refractivity contribution in [2.45, 2.75) is 20.4 Å². The van der Waals surface area contributed by atoms with Gasteiger partial charge in [-0.3, -0.25) is 0 Å². The number of nitrogen functional groups attached to an aromatic ring is 1. The van der Waals surface area contributed by atoms with Gasteiger partial charge in [0.15, 0.2) is 11.6 Å². The van der Waals surface area contributed by atoms with Crippen LogP contribution in [0.4, 0.5) is 23.3 Å². The predicted molar refractivity (Wildman–Crippen MR) is 123 cm³/mol. The number of benzene rings is 2. The Balaban J connectivity index is 1.60. The van der Waals surface area contributed by atoms with E-state index in [4.69, 9.17) is 10.7 Å². The molecule has 0 unspecified atom stereocenters. The zero-order valence-electron chi connectivity index (χ0n) is 17.0. The van der Waals surface area contributed by atoms with Gasteiger partial charge >= 0.3 is 0 Å². The minimum absolute atomic E-state index is 0.235. The van der Waals surface area contributed by atoms with Gasteiger partial charge in [0.1, 0.15) is 5.69 Å². The molecule has 0 aliphatic carbocycles. The number of fused-ring (bicyclic) bond motifs is 2. The van der Waals surface area contributed by atoms with Crippen molar-refractivity contribution in [1.82, 2.24) is 15.0 Å². The summed E-state index contributed by atoms with van der Waals surface area (Å²) in [5.41, 5.74) is 13.3. The highest BCUT2D eigenvalue weighted by molar-refractivity contribution is 5.87. The van der Waals surface area contributed by atoms with Crippen LogP contribution in [0.3, 0.4) is 0 Å². The van der Waals surface area contributed by atoms with E-state index in [1.807, 2.05) is 0 Å². The molecule has 4 aromatic rings. The molecule has 1 aliphatic heterocycles. The molecule has 0 saturated heterocycles. The van der Waals surface area contributed by atoms with Gasteiger partial charge in [-0.15, -0.1) is 0 Å². The predicted octanol–water partition coefficient (Wildman–Crippen LogP) is 4.30. The fourth-order valence-electron chi connectivity index (χ4n) is 3.89. The normalized spacial score (nSPS) is 12.3. The standard InChI is InChI=1S/C23H23N7/c1-13-6-3-4-9-17(13)19-16(10-15-8-5-7-14(2)18(15)28-19)11-25-21-20-22(27-12-26-20)30-23(24)29-21/h3-10,26H,11-12H2,1-2H3,(H4,24,25,27,29,30). The minimum Gasteiger partial charge on any atom is -0.368 e. The highest BCUT2D eigenvalue weighted by atomic mass is 15.2. The van der Waals surface area contributed by atoms with Gasteiger partial charge < -0.3 is 21.7 Å². The SMILES string of the molecule is Cc1ccccc1-c1nc2c(C)cccc2cc1CNc1nc(N)nc2c1NCN2. The van der Waals surface area contributed by atoms with E-state index >= 15 is 0 Å². The second kappa shape index (κ2) is 7.18. The van der Waals surface area contributed by atoms with Crippen molar-refractivity contribution in [3.63, 3.8) is 0 Å². The molecule has 2 aromatic carbocycles. The summed E-state index contributed by atoms with van der Waals surface area (Å²) in [7, 11) is 0. The first kappa shape index (κ1) is 18.2. The Kier molecular flexibility index (Phi) is 4.35. The molecule has 0 fully saturated rings. The van der Waals surface area contributed by atoms with Crippen molar-refractivity contribution in [2.75, 3.05) is 28.4 Å². The summed E-state index contributed by atoms with van der Waals surface area (Å²) >= 11 is 0. The first-order valence-corrected chi connectivity index (χ1v) is 9.94. The second-order valence-electron chi connectivity index (χ2n) is 7.50. The molecule has 3 heterocycles. The minimum atomic E-state index is 0.235. The number of hydrogen-bond acceptors (Lipinski definition) is 7. The molecule has 150 valence electrons. The summed E-state index contributed by atoms with van der Waals surface area (Å²) in [6.45, 7) is 5.38. The lowest BCUT2D eigenvalue weighted by atomic mass is 9.98. The van der Waals surface area contributed by atoms with E-state index in [1.165, 1.54) is 11.1 Å². The van der Waals surface area contributed by atoms with Crippen molar-refractivity contribution in [2.24, 2.45) is 0 Å². The van der Waals surface area contributed by atoms with E-state index in [0.29, 0.717) is 19.0 Å². The molecule has 0 spiro atoms. The van der Waals surface area contributed by atoms with E-state index in [9.17, 15) is 0 Å². The van der Waals surface area contributed by atoms with E-state index < -0.39 is 0 Å². The molecule has 0 radical (unpaired) electrons. The van der Waals surface area contributed by atoms with Crippen LogP contribution in [-0.4, -0.2) is 21.6 Å². The molecule has 0 atom stereocenters. The monoisotopic (exact) mass is 397 g/mol. The summed E-state index contributed by atoms with van der Waals surface area (Å²) < 4.78 is 0. The fraction of sp³-hybridized carbons (Fsp3) is 0.174. The van der Waals surface area contributed by atoms with Crippen LogP contribution in [-0.2, 0) is 6.54 Å². The van der Waals surface area contributed by atoms with E-state index in [1.54, 1.807) is 0 Å². The smallest absolute Gasteiger partial charge is 0.224 e. The van der Waals surface area contributed by atoms with Gasteiger partial charge in [-0.1, -0.05) is 42.5 Å². The number of aromatic nitrogens is 3. The number of pyridine rings is 1. The molecule has 5 rings (SSSR count). The Hall–Kier alpha value is -3.87. The van der Waals surface area contributed by atoms with Gasteiger partial charge in [0.25, 0.3) is 0 Å². The quantitative estimate of drug-likeness (QED) is 0.407. The number of aryl methyl sites for hydroxylation is 2. The highest BCUT2D eigenvalue weighted by Crippen LogP contribution is 2.33. The lowest BCUT2D eigenvalue weighted by molar-refractivity contribution is 1.09. The maximum Gasteiger partial charge on any atom is 0.224 e. The first-order chi connectivity index (χ1) is 14.6. The van der Waals surface area contributed by atoms with Gasteiger partial charge in [-0.2, -0.15) is 9.97 Å². The van der Waals surface area contributed by atoms with Crippen molar-refractivity contribution in [3.8, 4) is 11.3 Å². The summed E-state index contributed by atoms with van der Waals surface area (Å²) in [6, 6.07) is 16.8. The van der Waals surface area contributed by atoms with Crippen LogP contribution in [0, 0.1) is 13.8 Å². The molecule has 0 bridgehead atoms. The van der Waals surface area contributed by atoms with Gasteiger partial charge in [-0.05, 0) is 36.6 Å². The molecule has 30 heavy (non-hydrogen) atoms. The van der Waals surface area contributed by atoms with Crippen LogP contribution >= 0.6 is 0 Å². The number of anilines is 4. The number of para-hydroxylation sites is 1. The van der Waals surface area contributed by atoms with Crippen molar-refractivity contribution in [3.05, 3.63) is 65.2 Å². The average molecular weight is 397 g/mol. The fourth-order valence-corrected chi connectivity index (χ4v) is 3.89. The van der Waals surface area contributed by atoms with E-state index in [0.717, 1.165) is 39.2 Å². The van der Waals surface area contributed by atoms with Crippen LogP contribution in [0.1, 0.15) is 16.7 Å². The number of rotatable bonds is 4. The summed E-state index contributed by atoms with van der Waals surface area (Å²) in [5.74, 6) is 1.64. The summed E-state index contributed by atoms with van der Waals surface area (Å²) in [5, 5.41) is 11.0. The highest BCUT2D eigenvalue weighted by Gasteiger charge is 2.19. The Bertz CT molecular complexity index is 1270. The van der Waals surface area contributed by atoms with Gasteiger partial charge in [0.2, 0.25) is 5.95 Å². The number of nitrogens with one attached hydrogen (secondary N) is 3. The van der Waals surface area contributed by atoms with Crippen LogP contribution in [0.15, 0.2) is 48.5 Å². The third-order valence-corrected chi connectivity index (χ3v) is 5.42. The topological polar surface area (TPSA) is 101 Å². The molecule has 0 amide bonds. The maximum absolute atomic E-state index is 5.89. The van der Waals surface area contributed by atoms with E-state index in [-0.39, 0.29) is 5.95 Å². The number of nitrogens with zero attached hydrogens (tertiary/aromatic N) is 3. The molecule has 5 N–H and O–H groups in total. The maximum atomic E-state index is 5.89.